The Balaban J connectivity index is 1.82. The quantitative estimate of drug-likeness (QED) is 0.796. The van der Waals surface area contributed by atoms with Gasteiger partial charge in [0.2, 0.25) is 0 Å². The van der Waals surface area contributed by atoms with Gasteiger partial charge in [-0.15, -0.1) is 0 Å². The van der Waals surface area contributed by atoms with E-state index in [1.165, 1.54) is 35.5 Å². The van der Waals surface area contributed by atoms with Crippen molar-refractivity contribution in [1.82, 2.24) is 14.8 Å². The highest BCUT2D eigenvalue weighted by Gasteiger charge is 2.25. The van der Waals surface area contributed by atoms with E-state index in [0.717, 1.165) is 30.9 Å². The van der Waals surface area contributed by atoms with Gasteiger partial charge in [0.25, 0.3) is 0 Å². The van der Waals surface area contributed by atoms with Crippen LogP contribution in [0.5, 0.6) is 0 Å². The van der Waals surface area contributed by atoms with Gasteiger partial charge >= 0.3 is 0 Å². The Morgan fingerprint density at radius 1 is 1.38 bits per heavy atom. The summed E-state index contributed by atoms with van der Waals surface area (Å²) in [4.78, 5) is 7.37. The standard InChI is InChI=1S/C15H24N4OS/c1-11-13-14(18(2)17-11)16-15(21-13)19-9-5-4-7-12(19)8-6-10-20-3/h12H,4-10H2,1-3H3. The molecular formula is C15H24N4OS. The third kappa shape index (κ3) is 2.92. The summed E-state index contributed by atoms with van der Waals surface area (Å²) < 4.78 is 8.33. The first-order valence-corrected chi connectivity index (χ1v) is 8.58. The van der Waals surface area contributed by atoms with E-state index in [9.17, 15) is 0 Å². The fourth-order valence-electron chi connectivity index (χ4n) is 3.21. The highest BCUT2D eigenvalue weighted by atomic mass is 32.1. The highest BCUT2D eigenvalue weighted by Crippen LogP contribution is 2.35. The lowest BCUT2D eigenvalue weighted by atomic mass is 9.99. The van der Waals surface area contributed by atoms with Crippen molar-refractivity contribution in [2.45, 2.75) is 45.1 Å². The number of thiazole rings is 1. The molecule has 6 heteroatoms. The lowest BCUT2D eigenvalue weighted by Gasteiger charge is -2.35. The molecule has 0 bridgehead atoms. The molecule has 1 aliphatic heterocycles. The van der Waals surface area contributed by atoms with Crippen LogP contribution in [0.25, 0.3) is 10.3 Å². The lowest BCUT2D eigenvalue weighted by Crippen LogP contribution is -2.39. The van der Waals surface area contributed by atoms with E-state index in [1.54, 1.807) is 18.4 Å². The van der Waals surface area contributed by atoms with Crippen molar-refractivity contribution in [2.24, 2.45) is 7.05 Å². The van der Waals surface area contributed by atoms with Gasteiger partial charge in [-0.1, -0.05) is 11.3 Å². The van der Waals surface area contributed by atoms with Crippen molar-refractivity contribution in [3.8, 4) is 0 Å². The SMILES string of the molecule is COCCCC1CCCCN1c1nc2c(s1)c(C)nn2C. The molecule has 2 aromatic rings. The monoisotopic (exact) mass is 308 g/mol. The first-order valence-electron chi connectivity index (χ1n) is 7.76. The number of rotatable bonds is 5. The summed E-state index contributed by atoms with van der Waals surface area (Å²) in [5.41, 5.74) is 2.11. The van der Waals surface area contributed by atoms with E-state index in [2.05, 4.69) is 16.9 Å². The molecule has 0 N–H and O–H groups in total. The predicted molar refractivity (Wildman–Crippen MR) is 87.2 cm³/mol. The number of anilines is 1. The van der Waals surface area contributed by atoms with Gasteiger partial charge in [0, 0.05) is 33.4 Å². The Kier molecular flexibility index (Phi) is 4.45. The summed E-state index contributed by atoms with van der Waals surface area (Å²) in [6.07, 6.45) is 6.20. The van der Waals surface area contributed by atoms with Gasteiger partial charge < -0.3 is 9.64 Å². The van der Waals surface area contributed by atoms with Crippen molar-refractivity contribution in [1.29, 1.82) is 0 Å². The molecule has 0 spiro atoms. The van der Waals surface area contributed by atoms with E-state index >= 15 is 0 Å². The first-order chi connectivity index (χ1) is 10.2. The molecule has 1 saturated heterocycles. The molecule has 1 aliphatic rings. The molecule has 1 atom stereocenters. The zero-order chi connectivity index (χ0) is 14.8. The number of aromatic nitrogens is 3. The summed E-state index contributed by atoms with van der Waals surface area (Å²) in [5, 5.41) is 5.62. The van der Waals surface area contributed by atoms with E-state index in [-0.39, 0.29) is 0 Å². The number of aryl methyl sites for hydroxylation is 2. The number of ether oxygens (including phenoxy) is 1. The third-order valence-electron chi connectivity index (χ3n) is 4.29. The minimum absolute atomic E-state index is 0.614. The number of methoxy groups -OCH3 is 1. The van der Waals surface area contributed by atoms with Gasteiger partial charge in [-0.2, -0.15) is 5.10 Å². The Bertz CT molecular complexity index is 572. The molecular weight excluding hydrogens is 284 g/mol. The van der Waals surface area contributed by atoms with Crippen molar-refractivity contribution in [3.63, 3.8) is 0 Å². The second-order valence-corrected chi connectivity index (χ2v) is 6.81. The zero-order valence-electron chi connectivity index (χ0n) is 13.1. The largest absolute Gasteiger partial charge is 0.385 e. The van der Waals surface area contributed by atoms with Gasteiger partial charge in [0.05, 0.1) is 10.4 Å². The van der Waals surface area contributed by atoms with Crippen LogP contribution < -0.4 is 4.90 Å². The Morgan fingerprint density at radius 3 is 3.00 bits per heavy atom. The van der Waals surface area contributed by atoms with Crippen LogP contribution in [-0.4, -0.2) is 41.1 Å². The smallest absolute Gasteiger partial charge is 0.188 e. The van der Waals surface area contributed by atoms with Gasteiger partial charge in [-0.25, -0.2) is 9.67 Å². The summed E-state index contributed by atoms with van der Waals surface area (Å²) in [6.45, 7) is 4.05. The van der Waals surface area contributed by atoms with Crippen LogP contribution in [0.2, 0.25) is 0 Å². The fourth-order valence-corrected chi connectivity index (χ4v) is 4.34. The average molecular weight is 308 g/mol. The van der Waals surface area contributed by atoms with Crippen LogP contribution in [0.3, 0.4) is 0 Å². The van der Waals surface area contributed by atoms with Crippen LogP contribution >= 0.6 is 11.3 Å². The van der Waals surface area contributed by atoms with Crippen LogP contribution in [-0.2, 0) is 11.8 Å². The maximum Gasteiger partial charge on any atom is 0.188 e. The van der Waals surface area contributed by atoms with Crippen LogP contribution in [0.1, 0.15) is 37.8 Å². The first kappa shape index (κ1) is 14.8. The van der Waals surface area contributed by atoms with Crippen LogP contribution in [0.15, 0.2) is 0 Å². The fraction of sp³-hybridized carbons (Fsp3) is 0.733. The second kappa shape index (κ2) is 6.32. The molecule has 1 fully saturated rings. The lowest BCUT2D eigenvalue weighted by molar-refractivity contribution is 0.188. The maximum absolute atomic E-state index is 5.20. The number of piperidine rings is 1. The van der Waals surface area contributed by atoms with Gasteiger partial charge in [0.1, 0.15) is 0 Å². The van der Waals surface area contributed by atoms with Gasteiger partial charge in [0.15, 0.2) is 10.8 Å². The molecule has 5 nitrogen and oxygen atoms in total. The van der Waals surface area contributed by atoms with Gasteiger partial charge in [-0.05, 0) is 39.0 Å². The Hall–Kier alpha value is -1.14. The number of fused-ring (bicyclic) bond motifs is 1. The summed E-state index contributed by atoms with van der Waals surface area (Å²) in [6, 6.07) is 0.614. The van der Waals surface area contributed by atoms with Crippen molar-refractivity contribution in [3.05, 3.63) is 5.69 Å². The normalized spacial score (nSPS) is 19.6. The minimum Gasteiger partial charge on any atom is -0.385 e. The van der Waals surface area contributed by atoms with E-state index < -0.39 is 0 Å². The Morgan fingerprint density at radius 2 is 2.24 bits per heavy atom. The number of nitrogens with zero attached hydrogens (tertiary/aromatic N) is 4. The van der Waals surface area contributed by atoms with Crippen molar-refractivity contribution < 1.29 is 4.74 Å². The average Bonchev–Trinajstić information content (AvgIpc) is 3.02. The molecule has 0 saturated carbocycles. The van der Waals surface area contributed by atoms with E-state index in [1.807, 2.05) is 11.7 Å². The molecule has 116 valence electrons. The molecule has 2 aromatic heterocycles. The summed E-state index contributed by atoms with van der Waals surface area (Å²) >= 11 is 1.79. The predicted octanol–water partition coefficient (Wildman–Crippen LogP) is 3.12. The summed E-state index contributed by atoms with van der Waals surface area (Å²) in [5.74, 6) is 0. The molecule has 3 heterocycles. The second-order valence-electron chi connectivity index (χ2n) is 5.84. The van der Waals surface area contributed by atoms with Crippen LogP contribution in [0, 0.1) is 6.92 Å². The topological polar surface area (TPSA) is 43.2 Å². The zero-order valence-corrected chi connectivity index (χ0v) is 13.9. The van der Waals surface area contributed by atoms with Crippen LogP contribution in [0.4, 0.5) is 5.13 Å². The molecule has 0 amide bonds. The van der Waals surface area contributed by atoms with Gasteiger partial charge in [-0.3, -0.25) is 0 Å². The highest BCUT2D eigenvalue weighted by molar-refractivity contribution is 7.22. The van der Waals surface area contributed by atoms with E-state index in [0.29, 0.717) is 6.04 Å². The maximum atomic E-state index is 5.20. The number of hydrogen-bond acceptors (Lipinski definition) is 5. The van der Waals surface area contributed by atoms with Crippen molar-refractivity contribution in [2.75, 3.05) is 25.2 Å². The van der Waals surface area contributed by atoms with Crippen molar-refractivity contribution >= 4 is 26.8 Å². The molecule has 0 aromatic carbocycles. The minimum atomic E-state index is 0.614. The third-order valence-corrected chi connectivity index (χ3v) is 5.48. The molecule has 1 unspecified atom stereocenters. The number of hydrogen-bond donors (Lipinski definition) is 0. The Labute approximate surface area is 129 Å². The molecule has 21 heavy (non-hydrogen) atoms. The molecule has 0 radical (unpaired) electrons. The van der Waals surface area contributed by atoms with E-state index in [4.69, 9.17) is 9.72 Å². The summed E-state index contributed by atoms with van der Waals surface area (Å²) in [7, 11) is 3.76. The molecule has 0 aliphatic carbocycles. The molecule has 3 rings (SSSR count).